The van der Waals surface area contributed by atoms with Gasteiger partial charge in [-0.15, -0.1) is 24.0 Å². The third-order valence-corrected chi connectivity index (χ3v) is 3.75. The summed E-state index contributed by atoms with van der Waals surface area (Å²) in [5.41, 5.74) is 8.97. The molecule has 6 nitrogen and oxygen atoms in total. The fourth-order valence-electron chi connectivity index (χ4n) is 2.52. The molecule has 2 aromatic carbocycles. The maximum Gasteiger partial charge on any atom is 0.193 e. The molecule has 0 heterocycles. The number of anilines is 1. The molecular formula is C19H26IN3O3. The average molecular weight is 471 g/mol. The molecule has 0 amide bonds. The topological polar surface area (TPSA) is 78.1 Å². The summed E-state index contributed by atoms with van der Waals surface area (Å²) in [5, 5.41) is 3.09. The van der Waals surface area contributed by atoms with Crippen molar-refractivity contribution in [2.45, 2.75) is 13.3 Å². The summed E-state index contributed by atoms with van der Waals surface area (Å²) in [5.74, 6) is 2.46. The molecule has 0 aliphatic rings. The third-order valence-electron chi connectivity index (χ3n) is 3.75. The largest absolute Gasteiger partial charge is 0.496 e. The molecule has 0 bridgehead atoms. The van der Waals surface area contributed by atoms with Crippen LogP contribution in [0.1, 0.15) is 11.1 Å². The lowest BCUT2D eigenvalue weighted by Crippen LogP contribution is -2.23. The molecule has 26 heavy (non-hydrogen) atoms. The molecule has 0 fully saturated rings. The normalized spacial score (nSPS) is 10.7. The van der Waals surface area contributed by atoms with Gasteiger partial charge < -0.3 is 25.3 Å². The summed E-state index contributed by atoms with van der Waals surface area (Å²) in [4.78, 5) is 4.38. The Morgan fingerprint density at radius 2 is 1.69 bits per heavy atom. The zero-order valence-corrected chi connectivity index (χ0v) is 17.9. The number of halogens is 1. The second-order valence-corrected chi connectivity index (χ2v) is 5.52. The van der Waals surface area contributed by atoms with E-state index in [9.17, 15) is 0 Å². The predicted octanol–water partition coefficient (Wildman–Crippen LogP) is 3.61. The Morgan fingerprint density at radius 3 is 2.23 bits per heavy atom. The van der Waals surface area contributed by atoms with E-state index in [1.54, 1.807) is 21.3 Å². The molecule has 7 heteroatoms. The maximum atomic E-state index is 5.96. The number of guanidine groups is 1. The number of aryl methyl sites for hydroxylation is 1. The van der Waals surface area contributed by atoms with Gasteiger partial charge in [-0.1, -0.05) is 12.1 Å². The Labute approximate surface area is 171 Å². The second-order valence-electron chi connectivity index (χ2n) is 5.52. The summed E-state index contributed by atoms with van der Waals surface area (Å²) in [6.07, 6.45) is 0.631. The molecule has 2 aromatic rings. The molecule has 0 aromatic heterocycles. The smallest absolute Gasteiger partial charge is 0.193 e. The van der Waals surface area contributed by atoms with Gasteiger partial charge in [-0.25, -0.2) is 0 Å². The van der Waals surface area contributed by atoms with Crippen molar-refractivity contribution in [3.8, 4) is 17.2 Å². The van der Waals surface area contributed by atoms with E-state index in [2.05, 4.69) is 10.3 Å². The Balaban J connectivity index is 0.00000338. The summed E-state index contributed by atoms with van der Waals surface area (Å²) < 4.78 is 16.1. The monoisotopic (exact) mass is 471 g/mol. The quantitative estimate of drug-likeness (QED) is 0.367. The standard InChI is InChI=1S/C19H25N3O3.HI/c1-13-6-5-7-14(10-13)22-19(20)21-9-8-16-17(24-3)11-15(23-2)12-18(16)25-4;/h5-7,10-12H,8-9H2,1-4H3,(H3,20,21,22);1H. The Bertz CT molecular complexity index is 726. The number of rotatable bonds is 7. The van der Waals surface area contributed by atoms with Gasteiger partial charge in [-0.05, 0) is 31.0 Å². The summed E-state index contributed by atoms with van der Waals surface area (Å²) >= 11 is 0. The molecule has 0 aliphatic heterocycles. The first kappa shape index (κ1) is 21.9. The number of aliphatic imine (C=N–C) groups is 1. The molecule has 0 aliphatic carbocycles. The molecule has 0 saturated heterocycles. The zero-order valence-electron chi connectivity index (χ0n) is 15.5. The molecule has 3 N–H and O–H groups in total. The lowest BCUT2D eigenvalue weighted by molar-refractivity contribution is 0.369. The molecule has 0 spiro atoms. The molecular weight excluding hydrogens is 445 g/mol. The lowest BCUT2D eigenvalue weighted by Gasteiger charge is -2.14. The zero-order chi connectivity index (χ0) is 18.2. The third kappa shape index (κ3) is 5.98. The lowest BCUT2D eigenvalue weighted by atomic mass is 10.1. The van der Waals surface area contributed by atoms with E-state index < -0.39 is 0 Å². The second kappa shape index (κ2) is 10.7. The van der Waals surface area contributed by atoms with Gasteiger partial charge >= 0.3 is 0 Å². The first-order valence-electron chi connectivity index (χ1n) is 8.00. The summed E-state index contributed by atoms with van der Waals surface area (Å²) in [6.45, 7) is 2.53. The van der Waals surface area contributed by atoms with Crippen LogP contribution in [-0.2, 0) is 6.42 Å². The minimum atomic E-state index is 0. The van der Waals surface area contributed by atoms with Crippen LogP contribution in [0.2, 0.25) is 0 Å². The molecule has 2 rings (SSSR count). The summed E-state index contributed by atoms with van der Waals surface area (Å²) in [7, 11) is 4.85. The number of methoxy groups -OCH3 is 3. The molecule has 0 radical (unpaired) electrons. The highest BCUT2D eigenvalue weighted by molar-refractivity contribution is 14.0. The SMILES string of the molecule is COc1cc(OC)c(CCN=C(N)Nc2cccc(C)c2)c(OC)c1.I. The van der Waals surface area contributed by atoms with Gasteiger partial charge in [0, 0.05) is 29.9 Å². The number of nitrogens with one attached hydrogen (secondary N) is 1. The van der Waals surface area contributed by atoms with Crippen molar-refractivity contribution in [1.29, 1.82) is 0 Å². The van der Waals surface area contributed by atoms with Crippen LogP contribution in [0.5, 0.6) is 17.2 Å². The summed E-state index contributed by atoms with van der Waals surface area (Å²) in [6, 6.07) is 11.6. The van der Waals surface area contributed by atoms with Gasteiger partial charge in [-0.3, -0.25) is 4.99 Å². The van der Waals surface area contributed by atoms with Gasteiger partial charge in [0.2, 0.25) is 0 Å². The van der Waals surface area contributed by atoms with Crippen molar-refractivity contribution in [2.75, 3.05) is 33.2 Å². The van der Waals surface area contributed by atoms with Crippen molar-refractivity contribution >= 4 is 35.6 Å². The van der Waals surface area contributed by atoms with Gasteiger partial charge in [-0.2, -0.15) is 0 Å². The van der Waals surface area contributed by atoms with Crippen molar-refractivity contribution in [3.05, 3.63) is 47.5 Å². The van der Waals surface area contributed by atoms with Crippen LogP contribution in [0, 0.1) is 6.92 Å². The van der Waals surface area contributed by atoms with Crippen LogP contribution in [0.15, 0.2) is 41.4 Å². The maximum absolute atomic E-state index is 5.96. The van der Waals surface area contributed by atoms with E-state index >= 15 is 0 Å². The molecule has 0 atom stereocenters. The van der Waals surface area contributed by atoms with E-state index in [1.165, 1.54) is 0 Å². The van der Waals surface area contributed by atoms with E-state index in [1.807, 2.05) is 43.3 Å². The number of nitrogens with two attached hydrogens (primary N) is 1. The van der Waals surface area contributed by atoms with Crippen molar-refractivity contribution < 1.29 is 14.2 Å². The fraction of sp³-hybridized carbons (Fsp3) is 0.316. The molecule has 142 valence electrons. The number of ether oxygens (including phenoxy) is 3. The minimum absolute atomic E-state index is 0. The van der Waals surface area contributed by atoms with E-state index in [-0.39, 0.29) is 24.0 Å². The highest BCUT2D eigenvalue weighted by Gasteiger charge is 2.12. The van der Waals surface area contributed by atoms with Gasteiger partial charge in [0.25, 0.3) is 0 Å². The molecule has 0 unspecified atom stereocenters. The predicted molar refractivity (Wildman–Crippen MR) is 117 cm³/mol. The van der Waals surface area contributed by atoms with Crippen LogP contribution in [-0.4, -0.2) is 33.8 Å². The average Bonchev–Trinajstić information content (AvgIpc) is 2.61. The van der Waals surface area contributed by atoms with Crippen molar-refractivity contribution in [1.82, 2.24) is 0 Å². The van der Waals surface area contributed by atoms with E-state index in [4.69, 9.17) is 19.9 Å². The first-order chi connectivity index (χ1) is 12.1. The number of benzene rings is 2. The van der Waals surface area contributed by atoms with Gasteiger partial charge in [0.15, 0.2) is 5.96 Å². The number of hydrogen-bond acceptors (Lipinski definition) is 4. The highest BCUT2D eigenvalue weighted by Crippen LogP contribution is 2.34. The van der Waals surface area contributed by atoms with Crippen LogP contribution in [0.3, 0.4) is 0 Å². The fourth-order valence-corrected chi connectivity index (χ4v) is 2.52. The van der Waals surface area contributed by atoms with Crippen LogP contribution in [0.4, 0.5) is 5.69 Å². The van der Waals surface area contributed by atoms with E-state index in [0.29, 0.717) is 36.2 Å². The van der Waals surface area contributed by atoms with Crippen molar-refractivity contribution in [2.24, 2.45) is 10.7 Å². The van der Waals surface area contributed by atoms with Crippen LogP contribution < -0.4 is 25.3 Å². The Hall–Kier alpha value is -2.16. The first-order valence-corrected chi connectivity index (χ1v) is 8.00. The number of hydrogen-bond donors (Lipinski definition) is 2. The molecule has 0 saturated carbocycles. The minimum Gasteiger partial charge on any atom is -0.496 e. The van der Waals surface area contributed by atoms with E-state index in [0.717, 1.165) is 16.8 Å². The Morgan fingerprint density at radius 1 is 1.04 bits per heavy atom. The van der Waals surface area contributed by atoms with Crippen molar-refractivity contribution in [3.63, 3.8) is 0 Å². The Kier molecular flexibility index (Phi) is 9.04. The number of nitrogens with zero attached hydrogens (tertiary/aromatic N) is 1. The van der Waals surface area contributed by atoms with Crippen LogP contribution in [0.25, 0.3) is 0 Å². The highest BCUT2D eigenvalue weighted by atomic mass is 127. The van der Waals surface area contributed by atoms with Gasteiger partial charge in [0.05, 0.1) is 21.3 Å². The van der Waals surface area contributed by atoms with Gasteiger partial charge in [0.1, 0.15) is 17.2 Å². The van der Waals surface area contributed by atoms with Crippen LogP contribution >= 0.6 is 24.0 Å².